The van der Waals surface area contributed by atoms with Crippen LogP contribution in [0.3, 0.4) is 0 Å². The fraction of sp³-hybridized carbons (Fsp3) is 0.556. The normalized spacial score (nSPS) is 20.7. The van der Waals surface area contributed by atoms with Gasteiger partial charge in [-0.25, -0.2) is 0 Å². The molecule has 0 bridgehead atoms. The monoisotopic (exact) mass is 347 g/mol. The van der Waals surface area contributed by atoms with Gasteiger partial charge < -0.3 is 10.2 Å². The molecular weight excluding hydrogens is 322 g/mol. The van der Waals surface area contributed by atoms with Gasteiger partial charge >= 0.3 is 0 Å². The summed E-state index contributed by atoms with van der Waals surface area (Å²) in [5, 5.41) is 2.92. The van der Waals surface area contributed by atoms with Gasteiger partial charge in [0.1, 0.15) is 0 Å². The molecule has 0 radical (unpaired) electrons. The molecule has 6 heteroatoms. The largest absolute Gasteiger partial charge is 0.355 e. The minimum Gasteiger partial charge on any atom is -0.355 e. The molecule has 2 aliphatic rings. The summed E-state index contributed by atoms with van der Waals surface area (Å²) in [7, 11) is 0. The standard InChI is InChI=1S/C18H25N3O2S/c1-2-7-19-17(22)13-20-8-10-21(11-9-20)18(23)16-12-14-5-3-4-6-15(14)24-16/h3-6,16H,2,7-13H2,1H3,(H,19,22). The molecule has 0 spiro atoms. The van der Waals surface area contributed by atoms with Crippen LogP contribution in [0.2, 0.25) is 0 Å². The predicted octanol–water partition coefficient (Wildman–Crippen LogP) is 1.37. The first-order chi connectivity index (χ1) is 11.7. The molecule has 24 heavy (non-hydrogen) atoms. The van der Waals surface area contributed by atoms with E-state index in [9.17, 15) is 9.59 Å². The van der Waals surface area contributed by atoms with E-state index in [0.717, 1.165) is 32.5 Å². The Labute approximate surface area is 147 Å². The topological polar surface area (TPSA) is 52.7 Å². The fourth-order valence-electron chi connectivity index (χ4n) is 3.17. The van der Waals surface area contributed by atoms with Crippen molar-refractivity contribution in [1.29, 1.82) is 0 Å². The number of nitrogens with zero attached hydrogens (tertiary/aromatic N) is 2. The zero-order valence-corrected chi connectivity index (χ0v) is 15.0. The molecule has 1 N–H and O–H groups in total. The van der Waals surface area contributed by atoms with Crippen molar-refractivity contribution in [2.45, 2.75) is 29.9 Å². The van der Waals surface area contributed by atoms with Crippen molar-refractivity contribution in [2.75, 3.05) is 39.3 Å². The average Bonchev–Trinajstić information content (AvgIpc) is 3.04. The first-order valence-electron chi connectivity index (χ1n) is 8.69. The fourth-order valence-corrected chi connectivity index (χ4v) is 4.45. The van der Waals surface area contributed by atoms with Gasteiger partial charge in [-0.1, -0.05) is 25.1 Å². The number of benzene rings is 1. The molecule has 1 aromatic rings. The summed E-state index contributed by atoms with van der Waals surface area (Å²) in [6, 6.07) is 8.28. The van der Waals surface area contributed by atoms with E-state index in [2.05, 4.69) is 22.3 Å². The van der Waals surface area contributed by atoms with Crippen LogP contribution >= 0.6 is 11.8 Å². The Hall–Kier alpha value is -1.53. The van der Waals surface area contributed by atoms with E-state index in [1.54, 1.807) is 11.8 Å². The van der Waals surface area contributed by atoms with Gasteiger partial charge in [0.15, 0.2) is 0 Å². The third kappa shape index (κ3) is 4.11. The van der Waals surface area contributed by atoms with Crippen molar-refractivity contribution in [3.63, 3.8) is 0 Å². The molecule has 130 valence electrons. The van der Waals surface area contributed by atoms with E-state index in [1.807, 2.05) is 24.0 Å². The van der Waals surface area contributed by atoms with Crippen LogP contribution in [0.25, 0.3) is 0 Å². The van der Waals surface area contributed by atoms with Crippen LogP contribution in [0.15, 0.2) is 29.2 Å². The Morgan fingerprint density at radius 1 is 1.21 bits per heavy atom. The maximum atomic E-state index is 12.7. The second-order valence-corrected chi connectivity index (χ2v) is 7.61. The lowest BCUT2D eigenvalue weighted by Crippen LogP contribution is -2.52. The number of piperazine rings is 1. The highest BCUT2D eigenvalue weighted by atomic mass is 32.2. The number of nitrogens with one attached hydrogen (secondary N) is 1. The second-order valence-electron chi connectivity index (χ2n) is 6.37. The van der Waals surface area contributed by atoms with E-state index in [-0.39, 0.29) is 17.1 Å². The van der Waals surface area contributed by atoms with Crippen LogP contribution in [0.5, 0.6) is 0 Å². The highest BCUT2D eigenvalue weighted by Gasteiger charge is 2.32. The number of carbonyl (C=O) groups excluding carboxylic acids is 2. The molecule has 0 aliphatic carbocycles. The lowest BCUT2D eigenvalue weighted by Gasteiger charge is -2.35. The number of rotatable bonds is 5. The number of fused-ring (bicyclic) bond motifs is 1. The molecule has 1 aromatic carbocycles. The van der Waals surface area contributed by atoms with Gasteiger partial charge in [0.2, 0.25) is 11.8 Å². The molecule has 0 aromatic heterocycles. The summed E-state index contributed by atoms with van der Waals surface area (Å²) >= 11 is 1.69. The first-order valence-corrected chi connectivity index (χ1v) is 9.57. The second kappa shape index (κ2) is 8.03. The van der Waals surface area contributed by atoms with Crippen LogP contribution in [-0.4, -0.2) is 66.1 Å². The molecule has 1 atom stereocenters. The molecule has 0 saturated carbocycles. The van der Waals surface area contributed by atoms with Crippen LogP contribution in [0.4, 0.5) is 0 Å². The molecular formula is C18H25N3O2S. The Morgan fingerprint density at radius 3 is 2.67 bits per heavy atom. The number of hydrogen-bond acceptors (Lipinski definition) is 4. The van der Waals surface area contributed by atoms with E-state index in [4.69, 9.17) is 0 Å². The van der Waals surface area contributed by atoms with Gasteiger partial charge in [0.05, 0.1) is 11.8 Å². The van der Waals surface area contributed by atoms with Crippen molar-refractivity contribution >= 4 is 23.6 Å². The molecule has 1 unspecified atom stereocenters. The number of thioether (sulfide) groups is 1. The molecule has 2 heterocycles. The predicted molar refractivity (Wildman–Crippen MR) is 96.1 cm³/mol. The molecule has 1 saturated heterocycles. The number of amides is 2. The summed E-state index contributed by atoms with van der Waals surface area (Å²) in [6.07, 6.45) is 1.79. The van der Waals surface area contributed by atoms with E-state index >= 15 is 0 Å². The average molecular weight is 347 g/mol. The first kappa shape index (κ1) is 17.3. The van der Waals surface area contributed by atoms with Gasteiger partial charge in [-0.2, -0.15) is 0 Å². The molecule has 2 aliphatic heterocycles. The molecule has 5 nitrogen and oxygen atoms in total. The van der Waals surface area contributed by atoms with Crippen LogP contribution < -0.4 is 5.32 Å². The highest BCUT2D eigenvalue weighted by Crippen LogP contribution is 2.37. The molecule has 1 fully saturated rings. The van der Waals surface area contributed by atoms with E-state index < -0.39 is 0 Å². The van der Waals surface area contributed by atoms with E-state index in [0.29, 0.717) is 19.6 Å². The van der Waals surface area contributed by atoms with Gasteiger partial charge in [-0.15, -0.1) is 11.8 Å². The Morgan fingerprint density at radius 2 is 1.96 bits per heavy atom. The van der Waals surface area contributed by atoms with Crippen molar-refractivity contribution in [1.82, 2.24) is 15.1 Å². The molecule has 3 rings (SSSR count). The van der Waals surface area contributed by atoms with Gasteiger partial charge in [0, 0.05) is 37.6 Å². The summed E-state index contributed by atoms with van der Waals surface area (Å²) < 4.78 is 0. The number of carbonyl (C=O) groups is 2. The minimum atomic E-state index is 0.0156. The lowest BCUT2D eigenvalue weighted by atomic mass is 10.1. The Kier molecular flexibility index (Phi) is 5.79. The Bertz CT molecular complexity index is 575. The van der Waals surface area contributed by atoms with Crippen LogP contribution in [0, 0.1) is 0 Å². The zero-order valence-electron chi connectivity index (χ0n) is 14.2. The highest BCUT2D eigenvalue weighted by molar-refractivity contribution is 8.01. The molecule has 2 amide bonds. The number of hydrogen-bond donors (Lipinski definition) is 1. The smallest absolute Gasteiger partial charge is 0.236 e. The maximum absolute atomic E-state index is 12.7. The summed E-state index contributed by atoms with van der Waals surface area (Å²) in [6.45, 7) is 6.19. The zero-order chi connectivity index (χ0) is 16.9. The summed E-state index contributed by atoms with van der Waals surface area (Å²) in [5.41, 5.74) is 1.28. The summed E-state index contributed by atoms with van der Waals surface area (Å²) in [4.78, 5) is 29.9. The van der Waals surface area contributed by atoms with Gasteiger partial charge in [0.25, 0.3) is 0 Å². The van der Waals surface area contributed by atoms with Crippen LogP contribution in [0.1, 0.15) is 18.9 Å². The SMILES string of the molecule is CCCNC(=O)CN1CCN(C(=O)C2Cc3ccccc3S2)CC1. The van der Waals surface area contributed by atoms with Gasteiger partial charge in [-0.05, 0) is 24.5 Å². The van der Waals surface area contributed by atoms with Crippen molar-refractivity contribution < 1.29 is 9.59 Å². The van der Waals surface area contributed by atoms with Crippen molar-refractivity contribution in [3.8, 4) is 0 Å². The van der Waals surface area contributed by atoms with Crippen molar-refractivity contribution in [2.24, 2.45) is 0 Å². The van der Waals surface area contributed by atoms with E-state index in [1.165, 1.54) is 10.5 Å². The van der Waals surface area contributed by atoms with Crippen molar-refractivity contribution in [3.05, 3.63) is 29.8 Å². The third-order valence-electron chi connectivity index (χ3n) is 4.55. The quantitative estimate of drug-likeness (QED) is 0.874. The maximum Gasteiger partial charge on any atom is 0.236 e. The minimum absolute atomic E-state index is 0.0156. The lowest BCUT2D eigenvalue weighted by molar-refractivity contribution is -0.132. The summed E-state index contributed by atoms with van der Waals surface area (Å²) in [5.74, 6) is 0.324. The Balaban J connectivity index is 1.45. The van der Waals surface area contributed by atoms with Crippen LogP contribution in [-0.2, 0) is 16.0 Å². The third-order valence-corrected chi connectivity index (χ3v) is 5.85. The van der Waals surface area contributed by atoms with Gasteiger partial charge in [-0.3, -0.25) is 14.5 Å².